The number of thioether (sulfide) groups is 1. The monoisotopic (exact) mass is 366 g/mol. The molecule has 8 heteroatoms. The third-order valence-electron chi connectivity index (χ3n) is 2.87. The van der Waals surface area contributed by atoms with Crippen LogP contribution in [-0.4, -0.2) is 30.8 Å². The Labute approximate surface area is 148 Å². The molecule has 1 N–H and O–H groups in total. The molecule has 1 aromatic heterocycles. The lowest BCUT2D eigenvalue weighted by molar-refractivity contribution is -0.608. The Morgan fingerprint density at radius 3 is 2.67 bits per heavy atom. The lowest BCUT2D eigenvalue weighted by atomic mass is 10.3. The number of rotatable bonds is 7. The summed E-state index contributed by atoms with van der Waals surface area (Å²) >= 11 is 7.37. The number of nitrogens with zero attached hydrogens (tertiary/aromatic N) is 1. The maximum atomic E-state index is 11.7. The molecule has 6 nitrogen and oxygen atoms in total. The van der Waals surface area contributed by atoms with E-state index in [2.05, 4.69) is 5.32 Å². The molecule has 0 aliphatic carbocycles. The van der Waals surface area contributed by atoms with Gasteiger partial charge in [0.05, 0.1) is 0 Å². The largest absolute Gasteiger partial charge is 0.618 e. The second kappa shape index (κ2) is 9.14. The molecule has 0 saturated heterocycles. The van der Waals surface area contributed by atoms with E-state index in [-0.39, 0.29) is 5.69 Å². The van der Waals surface area contributed by atoms with Gasteiger partial charge in [-0.2, -0.15) is 4.73 Å². The Morgan fingerprint density at radius 2 is 1.96 bits per heavy atom. The van der Waals surface area contributed by atoms with Crippen LogP contribution in [0.25, 0.3) is 0 Å². The van der Waals surface area contributed by atoms with E-state index < -0.39 is 18.5 Å². The molecule has 0 bridgehead atoms. The minimum absolute atomic E-state index is 0.163. The van der Waals surface area contributed by atoms with Crippen molar-refractivity contribution in [1.29, 1.82) is 0 Å². The molecule has 2 rings (SSSR count). The fourth-order valence-electron chi connectivity index (χ4n) is 1.73. The summed E-state index contributed by atoms with van der Waals surface area (Å²) in [5, 5.41) is 14.7. The Hall–Kier alpha value is -2.25. The predicted octanol–water partition coefficient (Wildman–Crippen LogP) is 2.04. The first-order valence-corrected chi connectivity index (χ1v) is 8.43. The van der Waals surface area contributed by atoms with Crippen molar-refractivity contribution in [3.63, 3.8) is 0 Å². The van der Waals surface area contributed by atoms with Crippen LogP contribution in [0.15, 0.2) is 53.6 Å². The summed E-state index contributed by atoms with van der Waals surface area (Å²) in [5.74, 6) is -0.592. The van der Waals surface area contributed by atoms with E-state index in [0.717, 1.165) is 4.90 Å². The summed E-state index contributed by atoms with van der Waals surface area (Å²) in [5.41, 5.74) is -0.163. The van der Waals surface area contributed by atoms with Crippen molar-refractivity contribution in [1.82, 2.24) is 5.32 Å². The molecule has 0 spiro atoms. The molecule has 0 unspecified atom stereocenters. The highest BCUT2D eigenvalue weighted by Gasteiger charge is 2.17. The number of halogens is 1. The topological polar surface area (TPSA) is 82.3 Å². The van der Waals surface area contributed by atoms with Crippen LogP contribution in [0.4, 0.5) is 0 Å². The number of ether oxygens (including phenoxy) is 1. The van der Waals surface area contributed by atoms with E-state index in [1.807, 2.05) is 12.1 Å². The molecule has 0 fully saturated rings. The van der Waals surface area contributed by atoms with Gasteiger partial charge in [0, 0.05) is 34.3 Å². The number of carbonyl (C=O) groups excluding carboxylic acids is 2. The van der Waals surface area contributed by atoms with Gasteiger partial charge in [0.25, 0.3) is 5.91 Å². The van der Waals surface area contributed by atoms with Gasteiger partial charge in [-0.1, -0.05) is 11.6 Å². The highest BCUT2D eigenvalue weighted by atomic mass is 35.5. The third-order valence-corrected chi connectivity index (χ3v) is 4.14. The Kier molecular flexibility index (Phi) is 6.89. The summed E-state index contributed by atoms with van der Waals surface area (Å²) in [7, 11) is 0. The first-order chi connectivity index (χ1) is 11.6. The molecule has 1 amide bonds. The molecular formula is C16H15ClN2O4S. The highest BCUT2D eigenvalue weighted by Crippen LogP contribution is 2.19. The Balaban J connectivity index is 1.65. The van der Waals surface area contributed by atoms with Crippen molar-refractivity contribution in [2.75, 3.05) is 18.9 Å². The number of esters is 1. The van der Waals surface area contributed by atoms with Crippen LogP contribution in [0.1, 0.15) is 10.5 Å². The van der Waals surface area contributed by atoms with Gasteiger partial charge in [0.15, 0.2) is 12.8 Å². The predicted molar refractivity (Wildman–Crippen MR) is 90.9 cm³/mol. The standard InChI is InChI=1S/C16H15ClN2O4S/c17-12-4-6-13(7-5-12)24-10-8-18-15(20)11-23-16(21)14-3-1-2-9-19(14)22/h1-7,9H,8,10-11H2,(H,18,20). The molecule has 1 heterocycles. The summed E-state index contributed by atoms with van der Waals surface area (Å²) in [6.45, 7) is -0.00406. The number of amides is 1. The quantitative estimate of drug-likeness (QED) is 0.266. The molecule has 24 heavy (non-hydrogen) atoms. The van der Waals surface area contributed by atoms with Gasteiger partial charge >= 0.3 is 11.7 Å². The Morgan fingerprint density at radius 1 is 1.21 bits per heavy atom. The summed E-state index contributed by atoms with van der Waals surface area (Å²) in [6.07, 6.45) is 1.19. The number of hydrogen-bond acceptors (Lipinski definition) is 5. The number of nitrogens with one attached hydrogen (secondary N) is 1. The molecular weight excluding hydrogens is 352 g/mol. The Bertz CT molecular complexity index is 709. The fraction of sp³-hybridized carbons (Fsp3) is 0.188. The second-order valence-corrected chi connectivity index (χ2v) is 6.24. The number of benzene rings is 1. The van der Waals surface area contributed by atoms with Crippen LogP contribution in [0.2, 0.25) is 5.02 Å². The van der Waals surface area contributed by atoms with Crippen molar-refractivity contribution < 1.29 is 19.1 Å². The number of aromatic nitrogens is 1. The minimum atomic E-state index is -0.837. The lowest BCUT2D eigenvalue weighted by Crippen LogP contribution is -2.36. The molecule has 0 radical (unpaired) electrons. The zero-order valence-corrected chi connectivity index (χ0v) is 14.2. The van der Waals surface area contributed by atoms with Gasteiger partial charge in [-0.05, 0) is 30.3 Å². The second-order valence-electron chi connectivity index (χ2n) is 4.64. The molecule has 0 aliphatic heterocycles. The number of hydrogen-bond donors (Lipinski definition) is 1. The van der Waals surface area contributed by atoms with Crippen molar-refractivity contribution in [2.24, 2.45) is 0 Å². The van der Waals surface area contributed by atoms with E-state index in [4.69, 9.17) is 16.3 Å². The van der Waals surface area contributed by atoms with E-state index >= 15 is 0 Å². The van der Waals surface area contributed by atoms with Crippen molar-refractivity contribution in [3.05, 3.63) is 64.6 Å². The summed E-state index contributed by atoms with van der Waals surface area (Å²) < 4.78 is 5.20. The number of pyridine rings is 1. The molecule has 1 aromatic carbocycles. The molecule has 0 aliphatic rings. The number of carbonyl (C=O) groups is 2. The first-order valence-electron chi connectivity index (χ1n) is 7.06. The van der Waals surface area contributed by atoms with E-state index in [1.165, 1.54) is 18.3 Å². The molecule has 126 valence electrons. The first kappa shape index (κ1) is 18.1. The van der Waals surface area contributed by atoms with Gasteiger partial charge in [0.1, 0.15) is 0 Å². The normalized spacial score (nSPS) is 10.2. The molecule has 2 aromatic rings. The van der Waals surface area contributed by atoms with E-state index in [1.54, 1.807) is 30.0 Å². The van der Waals surface area contributed by atoms with E-state index in [9.17, 15) is 14.8 Å². The summed E-state index contributed by atoms with van der Waals surface area (Å²) in [6, 6.07) is 11.8. The van der Waals surface area contributed by atoms with Gasteiger partial charge in [-0.25, -0.2) is 4.79 Å². The minimum Gasteiger partial charge on any atom is -0.618 e. The van der Waals surface area contributed by atoms with Crippen molar-refractivity contribution >= 4 is 35.2 Å². The van der Waals surface area contributed by atoms with Crippen LogP contribution in [-0.2, 0) is 9.53 Å². The van der Waals surface area contributed by atoms with Crippen LogP contribution >= 0.6 is 23.4 Å². The summed E-state index contributed by atoms with van der Waals surface area (Å²) in [4.78, 5) is 24.3. The van der Waals surface area contributed by atoms with Gasteiger partial charge in [-0.15, -0.1) is 11.8 Å². The molecule has 0 saturated carbocycles. The van der Waals surface area contributed by atoms with Crippen LogP contribution in [0.5, 0.6) is 0 Å². The third kappa shape index (κ3) is 5.75. The average Bonchev–Trinajstić information content (AvgIpc) is 2.58. The van der Waals surface area contributed by atoms with E-state index in [0.29, 0.717) is 22.1 Å². The maximum absolute atomic E-state index is 11.7. The average molecular weight is 367 g/mol. The van der Waals surface area contributed by atoms with Gasteiger partial charge in [-0.3, -0.25) is 4.79 Å². The van der Waals surface area contributed by atoms with Crippen molar-refractivity contribution in [3.8, 4) is 0 Å². The molecule has 0 atom stereocenters. The SMILES string of the molecule is O=C(COC(=O)c1cccc[n+]1[O-])NCCSc1ccc(Cl)cc1. The fourth-order valence-corrected chi connectivity index (χ4v) is 2.63. The maximum Gasteiger partial charge on any atom is 0.405 e. The van der Waals surface area contributed by atoms with Crippen LogP contribution in [0, 0.1) is 5.21 Å². The van der Waals surface area contributed by atoms with Crippen LogP contribution < -0.4 is 10.0 Å². The van der Waals surface area contributed by atoms with Crippen LogP contribution in [0.3, 0.4) is 0 Å². The zero-order chi connectivity index (χ0) is 17.4. The van der Waals surface area contributed by atoms with Gasteiger partial charge in [0.2, 0.25) is 0 Å². The lowest BCUT2D eigenvalue weighted by Gasteiger charge is -2.07. The smallest absolute Gasteiger partial charge is 0.405 e. The van der Waals surface area contributed by atoms with Gasteiger partial charge < -0.3 is 15.3 Å². The van der Waals surface area contributed by atoms with Crippen molar-refractivity contribution in [2.45, 2.75) is 4.90 Å². The zero-order valence-electron chi connectivity index (χ0n) is 12.6. The highest BCUT2D eigenvalue weighted by molar-refractivity contribution is 7.99.